The fourth-order valence-electron chi connectivity index (χ4n) is 6.44. The quantitative estimate of drug-likeness (QED) is 0.160. The van der Waals surface area contributed by atoms with Gasteiger partial charge in [0.15, 0.2) is 0 Å². The second-order valence-corrected chi connectivity index (χ2v) is 12.3. The van der Waals surface area contributed by atoms with Gasteiger partial charge in [-0.15, -0.1) is 0 Å². The number of carbonyl (C=O) groups is 1. The highest BCUT2D eigenvalue weighted by molar-refractivity contribution is 5.85. The molecule has 2 fully saturated rings. The molecule has 2 saturated heterocycles. The average molecular weight is 602 g/mol. The molecule has 0 radical (unpaired) electrons. The van der Waals surface area contributed by atoms with E-state index in [1.807, 2.05) is 31.1 Å². The Morgan fingerprint density at radius 3 is 2.00 bits per heavy atom. The Bertz CT molecular complexity index is 1720. The summed E-state index contributed by atoms with van der Waals surface area (Å²) in [6, 6.07) is 18.7. The van der Waals surface area contributed by atoms with Gasteiger partial charge in [0.2, 0.25) is 11.9 Å². The molecular weight excluding hydrogens is 562 g/mol. The van der Waals surface area contributed by atoms with Gasteiger partial charge in [-0.05, 0) is 66.5 Å². The fraction of sp³-hybridized carbons (Fsp3) is 0.343. The van der Waals surface area contributed by atoms with Crippen molar-refractivity contribution in [3.8, 4) is 33.6 Å². The third-order valence-electron chi connectivity index (χ3n) is 8.94. The van der Waals surface area contributed by atoms with Crippen molar-refractivity contribution in [1.82, 2.24) is 40.1 Å². The largest absolute Gasteiger partial charge is 0.342 e. The Kier molecular flexibility index (Phi) is 8.13. The average Bonchev–Trinajstić information content (AvgIpc) is 3.91. The van der Waals surface area contributed by atoms with Crippen molar-refractivity contribution in [1.29, 1.82) is 0 Å². The van der Waals surface area contributed by atoms with Gasteiger partial charge in [0.1, 0.15) is 17.7 Å². The second-order valence-electron chi connectivity index (χ2n) is 12.3. The molecule has 7 rings (SSSR count). The zero-order valence-corrected chi connectivity index (χ0v) is 25.7. The number of hydrogen-bond donors (Lipinski definition) is 4. The van der Waals surface area contributed by atoms with E-state index in [1.165, 1.54) is 6.42 Å². The first-order valence-corrected chi connectivity index (χ1v) is 15.9. The molecule has 0 aliphatic carbocycles. The van der Waals surface area contributed by atoms with Gasteiger partial charge in [-0.25, -0.2) is 19.9 Å². The monoisotopic (exact) mass is 601 g/mol. The first-order valence-electron chi connectivity index (χ1n) is 15.9. The van der Waals surface area contributed by atoms with E-state index in [4.69, 9.17) is 4.98 Å². The maximum atomic E-state index is 13.7. The van der Waals surface area contributed by atoms with Crippen LogP contribution in [0.3, 0.4) is 0 Å². The molecule has 45 heavy (non-hydrogen) atoms. The molecule has 2 aliphatic heterocycles. The number of nitrogens with one attached hydrogen (secondary N) is 4. The Hall–Kier alpha value is -4.83. The molecule has 5 aromatic rings. The molecule has 0 spiro atoms. The number of aromatic nitrogens is 6. The van der Waals surface area contributed by atoms with Crippen molar-refractivity contribution >= 4 is 11.9 Å². The minimum absolute atomic E-state index is 0.0482. The van der Waals surface area contributed by atoms with E-state index in [-0.39, 0.29) is 17.9 Å². The van der Waals surface area contributed by atoms with Crippen LogP contribution in [-0.2, 0) is 4.79 Å². The van der Waals surface area contributed by atoms with Crippen molar-refractivity contribution in [3.05, 3.63) is 91.0 Å². The zero-order valence-electron chi connectivity index (χ0n) is 25.7. The summed E-state index contributed by atoms with van der Waals surface area (Å²) in [4.78, 5) is 40.6. The van der Waals surface area contributed by atoms with Gasteiger partial charge < -0.3 is 25.5 Å². The van der Waals surface area contributed by atoms with Gasteiger partial charge in [-0.1, -0.05) is 62.4 Å². The molecule has 10 heteroatoms. The summed E-state index contributed by atoms with van der Waals surface area (Å²) < 4.78 is 0. The number of anilines is 1. The van der Waals surface area contributed by atoms with Crippen LogP contribution in [0.4, 0.5) is 5.95 Å². The van der Waals surface area contributed by atoms with E-state index in [1.54, 1.807) is 18.5 Å². The molecule has 10 nitrogen and oxygen atoms in total. The summed E-state index contributed by atoms with van der Waals surface area (Å²) in [6.45, 7) is 5.83. The Morgan fingerprint density at radius 1 is 0.800 bits per heavy atom. The Balaban J connectivity index is 1.03. The number of carbonyl (C=O) groups excluding carboxylic acids is 1. The SMILES string of the molecule is CC(C)[C@@H](Nc1ncccn1)C(=O)N1CCCC1c1ncc(-c2ccc(-c3ccc(-c4cnc([C@@H]5CCCN5)[nH]4)cc3)cc2)[nH]1. The highest BCUT2D eigenvalue weighted by atomic mass is 16.2. The van der Waals surface area contributed by atoms with E-state index >= 15 is 0 Å². The number of hydrogen-bond acceptors (Lipinski definition) is 7. The predicted octanol–water partition coefficient (Wildman–Crippen LogP) is 6.15. The minimum Gasteiger partial charge on any atom is -0.342 e. The van der Waals surface area contributed by atoms with Crippen molar-refractivity contribution in [2.45, 2.75) is 57.7 Å². The van der Waals surface area contributed by atoms with Crippen LogP contribution in [0.5, 0.6) is 0 Å². The van der Waals surface area contributed by atoms with Gasteiger partial charge in [0.25, 0.3) is 0 Å². The topological polar surface area (TPSA) is 128 Å². The zero-order chi connectivity index (χ0) is 30.8. The van der Waals surface area contributed by atoms with Gasteiger partial charge in [0.05, 0.1) is 35.9 Å². The van der Waals surface area contributed by atoms with Crippen molar-refractivity contribution in [3.63, 3.8) is 0 Å². The normalized spacial score (nSPS) is 18.9. The molecule has 4 N–H and O–H groups in total. The summed E-state index contributed by atoms with van der Waals surface area (Å²) in [5, 5.41) is 6.75. The van der Waals surface area contributed by atoms with Gasteiger partial charge in [-0.3, -0.25) is 4.79 Å². The van der Waals surface area contributed by atoms with Crippen LogP contribution in [0, 0.1) is 5.92 Å². The lowest BCUT2D eigenvalue weighted by Gasteiger charge is -2.30. The maximum absolute atomic E-state index is 13.7. The molecule has 3 aromatic heterocycles. The van der Waals surface area contributed by atoms with E-state index in [0.29, 0.717) is 18.5 Å². The first-order chi connectivity index (χ1) is 22.0. The van der Waals surface area contributed by atoms with Crippen molar-refractivity contribution in [2.24, 2.45) is 5.92 Å². The number of imidazole rings is 2. The highest BCUT2D eigenvalue weighted by Gasteiger charge is 2.37. The van der Waals surface area contributed by atoms with Gasteiger partial charge in [-0.2, -0.15) is 0 Å². The molecular formula is C35H39N9O. The van der Waals surface area contributed by atoms with Crippen LogP contribution in [0.25, 0.3) is 33.6 Å². The van der Waals surface area contributed by atoms with Crippen LogP contribution in [-0.4, -0.2) is 59.8 Å². The molecule has 230 valence electrons. The third kappa shape index (κ3) is 6.10. The van der Waals surface area contributed by atoms with Crippen LogP contribution in [0.15, 0.2) is 79.4 Å². The number of amides is 1. The third-order valence-corrected chi connectivity index (χ3v) is 8.94. The molecule has 2 aliphatic rings. The van der Waals surface area contributed by atoms with E-state index in [0.717, 1.165) is 71.1 Å². The standard InChI is InChI=1S/C35H39N9O/c1-22(2)31(43-35-37-17-5-18-38-35)34(45)44-19-4-7-30(44)33-40-21-29(42-33)26-14-10-24(11-15-26)23-8-12-25(13-9-23)28-20-39-32(41-28)27-6-3-16-36-27/h5,8-15,17-18,20-22,27,30-31,36H,3-4,6-7,16,19H2,1-2H3,(H,39,41)(H,40,42)(H,37,38,43)/t27-,30?,31+/m0/s1. The molecule has 2 aromatic carbocycles. The molecule has 5 heterocycles. The fourth-order valence-corrected chi connectivity index (χ4v) is 6.44. The van der Waals surface area contributed by atoms with Crippen molar-refractivity contribution < 1.29 is 4.79 Å². The summed E-state index contributed by atoms with van der Waals surface area (Å²) >= 11 is 0. The Morgan fingerprint density at radius 2 is 1.40 bits per heavy atom. The minimum atomic E-state index is -0.421. The number of H-pyrrole nitrogens is 2. The highest BCUT2D eigenvalue weighted by Crippen LogP contribution is 2.34. The molecule has 0 saturated carbocycles. The first kappa shape index (κ1) is 28.9. The Labute approximate surface area is 263 Å². The summed E-state index contributed by atoms with van der Waals surface area (Å²) in [7, 11) is 0. The second kappa shape index (κ2) is 12.6. The van der Waals surface area contributed by atoms with E-state index in [2.05, 4.69) is 84.1 Å². The summed E-state index contributed by atoms with van der Waals surface area (Å²) in [6.07, 6.45) is 11.3. The lowest BCUT2D eigenvalue weighted by Crippen LogP contribution is -2.45. The number of nitrogens with zero attached hydrogens (tertiary/aromatic N) is 5. The lowest BCUT2D eigenvalue weighted by atomic mass is 10.0. The maximum Gasteiger partial charge on any atom is 0.246 e. The van der Waals surface area contributed by atoms with Crippen LogP contribution >= 0.6 is 0 Å². The number of likely N-dealkylation sites (tertiary alicyclic amines) is 1. The van der Waals surface area contributed by atoms with E-state index < -0.39 is 6.04 Å². The lowest BCUT2D eigenvalue weighted by molar-refractivity contribution is -0.134. The van der Waals surface area contributed by atoms with Crippen molar-refractivity contribution in [2.75, 3.05) is 18.4 Å². The molecule has 3 atom stereocenters. The van der Waals surface area contributed by atoms with Gasteiger partial charge >= 0.3 is 0 Å². The van der Waals surface area contributed by atoms with Gasteiger partial charge in [0, 0.05) is 18.9 Å². The number of benzene rings is 2. The van der Waals surface area contributed by atoms with Crippen LogP contribution < -0.4 is 10.6 Å². The predicted molar refractivity (Wildman–Crippen MR) is 175 cm³/mol. The smallest absolute Gasteiger partial charge is 0.246 e. The summed E-state index contributed by atoms with van der Waals surface area (Å²) in [5.41, 5.74) is 6.46. The summed E-state index contributed by atoms with van der Waals surface area (Å²) in [5.74, 6) is 2.42. The van der Waals surface area contributed by atoms with Crippen LogP contribution in [0.1, 0.15) is 63.3 Å². The number of aromatic amines is 2. The molecule has 0 bridgehead atoms. The number of rotatable bonds is 9. The van der Waals surface area contributed by atoms with Crippen LogP contribution in [0.2, 0.25) is 0 Å². The molecule has 1 unspecified atom stereocenters. The molecule has 1 amide bonds. The van der Waals surface area contributed by atoms with E-state index in [9.17, 15) is 4.79 Å².